The van der Waals surface area contributed by atoms with E-state index in [9.17, 15) is 9.59 Å². The molecular formula is C30H28N2O2. The van der Waals surface area contributed by atoms with Crippen LogP contribution in [0.5, 0.6) is 0 Å². The highest BCUT2D eigenvalue weighted by Crippen LogP contribution is 2.42. The lowest BCUT2D eigenvalue weighted by Crippen LogP contribution is -2.39. The van der Waals surface area contributed by atoms with Gasteiger partial charge in [-0.25, -0.2) is 0 Å². The van der Waals surface area contributed by atoms with Crippen molar-refractivity contribution >= 4 is 17.3 Å². The van der Waals surface area contributed by atoms with Crippen LogP contribution in [0.15, 0.2) is 95.8 Å². The summed E-state index contributed by atoms with van der Waals surface area (Å²) in [6, 6.07) is 29.6. The predicted molar refractivity (Wildman–Crippen MR) is 137 cm³/mol. The molecular weight excluding hydrogens is 420 g/mol. The molecule has 0 saturated heterocycles. The van der Waals surface area contributed by atoms with Crippen LogP contribution in [0.25, 0.3) is 5.69 Å². The van der Waals surface area contributed by atoms with Crippen LogP contribution >= 0.6 is 0 Å². The SMILES string of the molecule is Cc1cc2c(c(=O)n1-c1ccccc1)C(c1ccc(C(C)C)cc1)CC(=O)N2c1ccccc1. The molecule has 4 nitrogen and oxygen atoms in total. The number of aromatic nitrogens is 1. The summed E-state index contributed by atoms with van der Waals surface area (Å²) in [6.07, 6.45) is 0.246. The fourth-order valence-electron chi connectivity index (χ4n) is 4.90. The minimum absolute atomic E-state index is 0.00658. The van der Waals surface area contributed by atoms with Crippen LogP contribution in [0, 0.1) is 6.92 Å². The molecule has 1 atom stereocenters. The Balaban J connectivity index is 1.76. The number of pyridine rings is 1. The third kappa shape index (κ3) is 3.75. The smallest absolute Gasteiger partial charge is 0.261 e. The van der Waals surface area contributed by atoms with Gasteiger partial charge in [0.2, 0.25) is 5.91 Å². The number of aryl methyl sites for hydroxylation is 1. The molecule has 0 radical (unpaired) electrons. The molecule has 0 aliphatic carbocycles. The maximum atomic E-state index is 14.1. The van der Waals surface area contributed by atoms with Gasteiger partial charge >= 0.3 is 0 Å². The molecule has 34 heavy (non-hydrogen) atoms. The van der Waals surface area contributed by atoms with Crippen molar-refractivity contribution < 1.29 is 4.79 Å². The molecule has 0 fully saturated rings. The lowest BCUT2D eigenvalue weighted by atomic mass is 9.83. The van der Waals surface area contributed by atoms with Gasteiger partial charge in [0.05, 0.1) is 11.3 Å². The van der Waals surface area contributed by atoms with Crippen LogP contribution in [-0.2, 0) is 4.79 Å². The van der Waals surface area contributed by atoms with Crippen LogP contribution in [0.1, 0.15) is 54.5 Å². The summed E-state index contributed by atoms with van der Waals surface area (Å²) < 4.78 is 1.76. The first-order valence-electron chi connectivity index (χ1n) is 11.8. The first kappa shape index (κ1) is 21.9. The summed E-state index contributed by atoms with van der Waals surface area (Å²) in [4.78, 5) is 29.3. The Hall–Kier alpha value is -3.92. The standard InChI is InChI=1S/C30H28N2O2/c1-20(2)22-14-16-23(17-15-22)26-19-28(33)32(25-12-8-5-9-13-25)27-18-21(3)31(30(34)29(26)27)24-10-6-4-7-11-24/h4-18,20,26H,19H2,1-3H3. The first-order chi connectivity index (χ1) is 16.5. The second kappa shape index (κ2) is 8.79. The minimum atomic E-state index is -0.299. The summed E-state index contributed by atoms with van der Waals surface area (Å²) in [5, 5.41) is 0. The second-order valence-electron chi connectivity index (χ2n) is 9.20. The zero-order chi connectivity index (χ0) is 23.8. The first-order valence-corrected chi connectivity index (χ1v) is 11.8. The Bertz CT molecular complexity index is 1390. The van der Waals surface area contributed by atoms with Crippen molar-refractivity contribution in [3.63, 3.8) is 0 Å². The van der Waals surface area contributed by atoms with E-state index in [1.165, 1.54) is 5.56 Å². The highest BCUT2D eigenvalue weighted by Gasteiger charge is 2.36. The number of hydrogen-bond donors (Lipinski definition) is 0. The van der Waals surface area contributed by atoms with Crippen molar-refractivity contribution in [1.82, 2.24) is 4.57 Å². The molecule has 4 heteroatoms. The van der Waals surface area contributed by atoms with Gasteiger partial charge in [0.25, 0.3) is 5.56 Å². The van der Waals surface area contributed by atoms with E-state index in [0.717, 1.165) is 22.6 Å². The maximum absolute atomic E-state index is 14.1. The number of amides is 1. The molecule has 0 bridgehead atoms. The summed E-state index contributed by atoms with van der Waals surface area (Å²) in [6.45, 7) is 6.24. The molecule has 170 valence electrons. The van der Waals surface area contributed by atoms with E-state index >= 15 is 0 Å². The number of benzene rings is 3. The van der Waals surface area contributed by atoms with E-state index in [0.29, 0.717) is 17.2 Å². The highest BCUT2D eigenvalue weighted by molar-refractivity contribution is 6.04. The predicted octanol–water partition coefficient (Wildman–Crippen LogP) is 6.47. The van der Waals surface area contributed by atoms with Crippen LogP contribution in [0.4, 0.5) is 11.4 Å². The van der Waals surface area contributed by atoms with Crippen molar-refractivity contribution in [2.75, 3.05) is 4.90 Å². The molecule has 5 rings (SSSR count). The highest BCUT2D eigenvalue weighted by atomic mass is 16.2. The van der Waals surface area contributed by atoms with Crippen molar-refractivity contribution in [2.45, 2.75) is 39.0 Å². The van der Waals surface area contributed by atoms with Crippen molar-refractivity contribution in [3.8, 4) is 5.69 Å². The van der Waals surface area contributed by atoms with E-state index in [1.807, 2.05) is 73.7 Å². The van der Waals surface area contributed by atoms with E-state index in [2.05, 4.69) is 38.1 Å². The van der Waals surface area contributed by atoms with Gasteiger partial charge < -0.3 is 0 Å². The van der Waals surface area contributed by atoms with E-state index in [-0.39, 0.29) is 23.8 Å². The Morgan fingerprint density at radius 1 is 0.794 bits per heavy atom. The minimum Gasteiger partial charge on any atom is -0.281 e. The van der Waals surface area contributed by atoms with Gasteiger partial charge in [-0.15, -0.1) is 0 Å². The number of para-hydroxylation sites is 2. The molecule has 2 heterocycles. The lowest BCUT2D eigenvalue weighted by molar-refractivity contribution is -0.118. The second-order valence-corrected chi connectivity index (χ2v) is 9.20. The number of anilines is 2. The van der Waals surface area contributed by atoms with Gasteiger partial charge in [-0.05, 0) is 54.3 Å². The average Bonchev–Trinajstić information content (AvgIpc) is 2.84. The third-order valence-corrected chi connectivity index (χ3v) is 6.66. The summed E-state index contributed by atoms with van der Waals surface area (Å²) >= 11 is 0. The molecule has 1 amide bonds. The Morgan fingerprint density at radius 3 is 1.97 bits per heavy atom. The van der Waals surface area contributed by atoms with E-state index < -0.39 is 0 Å². The Morgan fingerprint density at radius 2 is 1.38 bits per heavy atom. The fraction of sp³-hybridized carbons (Fsp3) is 0.200. The van der Waals surface area contributed by atoms with Crippen molar-refractivity contribution in [2.24, 2.45) is 0 Å². The largest absolute Gasteiger partial charge is 0.281 e. The van der Waals surface area contributed by atoms with Gasteiger partial charge in [-0.2, -0.15) is 0 Å². The van der Waals surface area contributed by atoms with Crippen LogP contribution in [0.2, 0.25) is 0 Å². The summed E-state index contributed by atoms with van der Waals surface area (Å²) in [5.41, 5.74) is 5.88. The van der Waals surface area contributed by atoms with Gasteiger partial charge in [0.1, 0.15) is 0 Å². The van der Waals surface area contributed by atoms with Gasteiger partial charge in [-0.1, -0.05) is 74.5 Å². The quantitative estimate of drug-likeness (QED) is 0.359. The molecule has 1 aromatic heterocycles. The van der Waals surface area contributed by atoms with E-state index in [1.54, 1.807) is 9.47 Å². The average molecular weight is 449 g/mol. The number of hydrogen-bond acceptors (Lipinski definition) is 2. The number of fused-ring (bicyclic) bond motifs is 1. The fourth-order valence-corrected chi connectivity index (χ4v) is 4.90. The molecule has 4 aromatic rings. The molecule has 1 unspecified atom stereocenters. The Kier molecular flexibility index (Phi) is 5.66. The van der Waals surface area contributed by atoms with E-state index in [4.69, 9.17) is 0 Å². The normalized spacial score (nSPS) is 15.5. The zero-order valence-electron chi connectivity index (χ0n) is 19.7. The maximum Gasteiger partial charge on any atom is 0.261 e. The van der Waals surface area contributed by atoms with Crippen LogP contribution < -0.4 is 10.5 Å². The third-order valence-electron chi connectivity index (χ3n) is 6.66. The summed E-state index contributed by atoms with van der Waals surface area (Å²) in [7, 11) is 0. The topological polar surface area (TPSA) is 42.3 Å². The number of carbonyl (C=O) groups excluding carboxylic acids is 1. The van der Waals surface area contributed by atoms with Gasteiger partial charge in [0, 0.05) is 29.4 Å². The molecule has 0 saturated carbocycles. The molecule has 1 aliphatic rings. The Labute approximate surface area is 200 Å². The summed E-state index contributed by atoms with van der Waals surface area (Å²) in [5.74, 6) is 0.112. The monoisotopic (exact) mass is 448 g/mol. The van der Waals surface area contributed by atoms with Crippen LogP contribution in [-0.4, -0.2) is 10.5 Å². The number of carbonyl (C=O) groups is 1. The number of nitrogens with zero attached hydrogens (tertiary/aromatic N) is 2. The van der Waals surface area contributed by atoms with Crippen LogP contribution in [0.3, 0.4) is 0 Å². The lowest BCUT2D eigenvalue weighted by Gasteiger charge is -2.35. The van der Waals surface area contributed by atoms with Crippen molar-refractivity contribution in [1.29, 1.82) is 0 Å². The number of rotatable bonds is 4. The van der Waals surface area contributed by atoms with Crippen molar-refractivity contribution in [3.05, 3.63) is 124 Å². The molecule has 1 aliphatic heterocycles. The van der Waals surface area contributed by atoms with Gasteiger partial charge in [-0.3, -0.25) is 19.1 Å². The molecule has 0 N–H and O–H groups in total. The molecule has 0 spiro atoms. The zero-order valence-corrected chi connectivity index (χ0v) is 19.7. The molecule has 3 aromatic carbocycles. The van der Waals surface area contributed by atoms with Gasteiger partial charge in [0.15, 0.2) is 0 Å².